The number of nitrogens with zero attached hydrogens (tertiary/aromatic N) is 4. The lowest BCUT2D eigenvalue weighted by molar-refractivity contribution is 0.0557. The van der Waals surface area contributed by atoms with Gasteiger partial charge in [-0.15, -0.1) is 0 Å². The van der Waals surface area contributed by atoms with Crippen LogP contribution in [0.4, 0.5) is 0 Å². The topological polar surface area (TPSA) is 72.1 Å². The highest BCUT2D eigenvalue weighted by molar-refractivity contribution is 5.90. The molecule has 1 atom stereocenters. The van der Waals surface area contributed by atoms with E-state index < -0.39 is 0 Å². The molecular weight excluding hydrogens is 328 g/mol. The number of rotatable bonds is 4. The Morgan fingerprint density at radius 2 is 1.88 bits per heavy atom. The molecule has 132 valence electrons. The minimum Gasteiger partial charge on any atom is -0.443 e. The molecule has 0 spiro atoms. The summed E-state index contributed by atoms with van der Waals surface area (Å²) in [7, 11) is 0. The van der Waals surface area contributed by atoms with Crippen LogP contribution in [0, 0.1) is 0 Å². The van der Waals surface area contributed by atoms with Gasteiger partial charge in [0.2, 0.25) is 11.7 Å². The summed E-state index contributed by atoms with van der Waals surface area (Å²) >= 11 is 0. The molecule has 1 fully saturated rings. The number of oxazole rings is 1. The van der Waals surface area contributed by atoms with Gasteiger partial charge in [-0.3, -0.25) is 4.79 Å². The zero-order valence-corrected chi connectivity index (χ0v) is 14.4. The molecule has 1 aliphatic heterocycles. The Labute approximate surface area is 151 Å². The van der Waals surface area contributed by atoms with Gasteiger partial charge < -0.3 is 9.32 Å². The second-order valence-electron chi connectivity index (χ2n) is 6.41. The van der Waals surface area contributed by atoms with Crippen molar-refractivity contribution in [3.8, 4) is 0 Å². The molecule has 6 nitrogen and oxygen atoms in total. The highest BCUT2D eigenvalue weighted by Gasteiger charge is 2.33. The van der Waals surface area contributed by atoms with Crippen molar-refractivity contribution < 1.29 is 9.21 Å². The maximum absolute atomic E-state index is 12.8. The van der Waals surface area contributed by atoms with Crippen molar-refractivity contribution in [1.82, 2.24) is 19.9 Å². The Balaban J connectivity index is 1.54. The van der Waals surface area contributed by atoms with Gasteiger partial charge in [0.15, 0.2) is 0 Å². The van der Waals surface area contributed by atoms with Crippen LogP contribution in [0.2, 0.25) is 0 Å². The van der Waals surface area contributed by atoms with E-state index in [2.05, 4.69) is 27.1 Å². The number of benzene rings is 1. The van der Waals surface area contributed by atoms with Gasteiger partial charge in [-0.2, -0.15) is 0 Å². The molecule has 1 aliphatic rings. The molecule has 0 aliphatic carbocycles. The zero-order chi connectivity index (χ0) is 17.8. The van der Waals surface area contributed by atoms with Crippen LogP contribution in [-0.2, 0) is 6.42 Å². The summed E-state index contributed by atoms with van der Waals surface area (Å²) in [6.45, 7) is 0.665. The van der Waals surface area contributed by atoms with E-state index in [0.29, 0.717) is 18.9 Å². The summed E-state index contributed by atoms with van der Waals surface area (Å²) in [6.07, 6.45) is 8.47. The van der Waals surface area contributed by atoms with Crippen LogP contribution in [0.1, 0.15) is 53.1 Å². The van der Waals surface area contributed by atoms with Gasteiger partial charge in [0.1, 0.15) is 11.8 Å². The van der Waals surface area contributed by atoms with E-state index in [1.165, 1.54) is 5.56 Å². The minimum absolute atomic E-state index is 0.162. The SMILES string of the molecule is O=C(c1ncccn1)N1CCCC[C@@H]1c1ncc(Cc2ccccc2)o1. The molecule has 0 saturated carbocycles. The van der Waals surface area contributed by atoms with Crippen LogP contribution in [-0.4, -0.2) is 32.3 Å². The first kappa shape index (κ1) is 16.4. The normalized spacial score (nSPS) is 17.2. The van der Waals surface area contributed by atoms with E-state index in [1.54, 1.807) is 29.6 Å². The molecule has 3 heterocycles. The molecule has 0 N–H and O–H groups in total. The van der Waals surface area contributed by atoms with Crippen molar-refractivity contribution >= 4 is 5.91 Å². The monoisotopic (exact) mass is 348 g/mol. The van der Waals surface area contributed by atoms with Crippen LogP contribution in [0.15, 0.2) is 59.4 Å². The fourth-order valence-corrected chi connectivity index (χ4v) is 3.32. The Bertz CT molecular complexity index is 864. The van der Waals surface area contributed by atoms with Gasteiger partial charge in [0.05, 0.1) is 6.20 Å². The van der Waals surface area contributed by atoms with Gasteiger partial charge in [-0.05, 0) is 30.9 Å². The van der Waals surface area contributed by atoms with Crippen molar-refractivity contribution in [2.24, 2.45) is 0 Å². The summed E-state index contributed by atoms with van der Waals surface area (Å²) in [5, 5.41) is 0. The number of hydrogen-bond donors (Lipinski definition) is 0. The van der Waals surface area contributed by atoms with Gasteiger partial charge in [-0.1, -0.05) is 30.3 Å². The highest BCUT2D eigenvalue weighted by Crippen LogP contribution is 2.31. The third-order valence-electron chi connectivity index (χ3n) is 4.60. The van der Waals surface area contributed by atoms with E-state index in [9.17, 15) is 4.79 Å². The maximum atomic E-state index is 12.8. The largest absolute Gasteiger partial charge is 0.443 e. The Morgan fingerprint density at radius 1 is 1.08 bits per heavy atom. The van der Waals surface area contributed by atoms with Crippen molar-refractivity contribution in [3.05, 3.63) is 78.0 Å². The van der Waals surface area contributed by atoms with Gasteiger partial charge in [0, 0.05) is 25.4 Å². The summed E-state index contributed by atoms with van der Waals surface area (Å²) < 4.78 is 6.00. The number of carbonyl (C=O) groups excluding carboxylic acids is 1. The molecule has 4 rings (SSSR count). The first-order valence-electron chi connectivity index (χ1n) is 8.88. The maximum Gasteiger partial charge on any atom is 0.292 e. The van der Waals surface area contributed by atoms with Gasteiger partial charge in [-0.25, -0.2) is 15.0 Å². The zero-order valence-electron chi connectivity index (χ0n) is 14.4. The second-order valence-corrected chi connectivity index (χ2v) is 6.41. The molecule has 1 amide bonds. The lowest BCUT2D eigenvalue weighted by Crippen LogP contribution is -2.39. The fourth-order valence-electron chi connectivity index (χ4n) is 3.32. The van der Waals surface area contributed by atoms with E-state index in [4.69, 9.17) is 4.42 Å². The van der Waals surface area contributed by atoms with Gasteiger partial charge >= 0.3 is 0 Å². The lowest BCUT2D eigenvalue weighted by atomic mass is 10.0. The summed E-state index contributed by atoms with van der Waals surface area (Å²) in [4.78, 5) is 27.2. The number of hydrogen-bond acceptors (Lipinski definition) is 5. The van der Waals surface area contributed by atoms with Crippen molar-refractivity contribution in [2.75, 3.05) is 6.54 Å². The molecule has 2 aromatic heterocycles. The van der Waals surface area contributed by atoms with E-state index in [0.717, 1.165) is 25.0 Å². The minimum atomic E-state index is -0.168. The summed E-state index contributed by atoms with van der Waals surface area (Å²) in [6, 6.07) is 11.7. The van der Waals surface area contributed by atoms with Crippen molar-refractivity contribution in [3.63, 3.8) is 0 Å². The summed E-state index contributed by atoms with van der Waals surface area (Å²) in [5.41, 5.74) is 1.17. The molecule has 1 aromatic carbocycles. The van der Waals surface area contributed by atoms with Crippen molar-refractivity contribution in [1.29, 1.82) is 0 Å². The number of likely N-dealkylation sites (tertiary alicyclic amines) is 1. The standard InChI is InChI=1S/C20H20N4O2/c25-20(18-21-10-6-11-22-18)24-12-5-4-9-17(24)19-23-14-16(26-19)13-15-7-2-1-3-8-15/h1-3,6-8,10-11,14,17H,4-5,9,12-13H2/t17-/m1/s1. The predicted octanol–water partition coefficient (Wildman–Crippen LogP) is 3.42. The third kappa shape index (κ3) is 3.49. The molecule has 0 radical (unpaired) electrons. The fraction of sp³-hybridized carbons (Fsp3) is 0.300. The highest BCUT2D eigenvalue weighted by atomic mass is 16.4. The quantitative estimate of drug-likeness (QED) is 0.722. The van der Waals surface area contributed by atoms with Crippen LogP contribution >= 0.6 is 0 Å². The molecular formula is C20H20N4O2. The average Bonchev–Trinajstić information content (AvgIpc) is 3.17. The molecule has 3 aromatic rings. The van der Waals surface area contributed by atoms with E-state index in [1.807, 2.05) is 18.2 Å². The second kappa shape index (κ2) is 7.47. The summed E-state index contributed by atoms with van der Waals surface area (Å²) in [5.74, 6) is 1.45. The molecule has 0 unspecified atom stereocenters. The molecule has 26 heavy (non-hydrogen) atoms. The average molecular weight is 348 g/mol. The van der Waals surface area contributed by atoms with Crippen LogP contribution in [0.3, 0.4) is 0 Å². The van der Waals surface area contributed by atoms with Gasteiger partial charge in [0.25, 0.3) is 5.91 Å². The number of piperidine rings is 1. The predicted molar refractivity (Wildman–Crippen MR) is 95.4 cm³/mol. The van der Waals surface area contributed by atoms with Crippen LogP contribution in [0.5, 0.6) is 0 Å². The molecule has 6 heteroatoms. The van der Waals surface area contributed by atoms with Crippen molar-refractivity contribution in [2.45, 2.75) is 31.7 Å². The number of aromatic nitrogens is 3. The number of carbonyl (C=O) groups is 1. The van der Waals surface area contributed by atoms with E-state index >= 15 is 0 Å². The van der Waals surface area contributed by atoms with Crippen LogP contribution < -0.4 is 0 Å². The Hall–Kier alpha value is -3.02. The Kier molecular flexibility index (Phi) is 4.73. The molecule has 1 saturated heterocycles. The first-order chi connectivity index (χ1) is 12.8. The Morgan fingerprint density at radius 3 is 2.69 bits per heavy atom. The third-order valence-corrected chi connectivity index (χ3v) is 4.60. The van der Waals surface area contributed by atoms with E-state index in [-0.39, 0.29) is 17.8 Å². The first-order valence-corrected chi connectivity index (χ1v) is 8.88. The number of amides is 1. The molecule has 0 bridgehead atoms. The van der Waals surface area contributed by atoms with Crippen LogP contribution in [0.25, 0.3) is 0 Å². The smallest absolute Gasteiger partial charge is 0.292 e. The lowest BCUT2D eigenvalue weighted by Gasteiger charge is -2.33.